The molecule has 0 amide bonds. The number of nitrogens with zero attached hydrogens (tertiary/aromatic N) is 1. The van der Waals surface area contributed by atoms with Crippen LogP contribution in [0.1, 0.15) is 18.4 Å². The van der Waals surface area contributed by atoms with Crippen molar-refractivity contribution in [3.8, 4) is 0 Å². The van der Waals surface area contributed by atoms with Gasteiger partial charge in [0.15, 0.2) is 0 Å². The number of nitrogens with two attached hydrogens (primary N) is 1. The maximum Gasteiger partial charge on any atom is 0.124 e. The van der Waals surface area contributed by atoms with Crippen molar-refractivity contribution < 1.29 is 0 Å². The summed E-state index contributed by atoms with van der Waals surface area (Å²) in [5.41, 5.74) is 7.32. The van der Waals surface area contributed by atoms with Crippen molar-refractivity contribution in [3.63, 3.8) is 0 Å². The van der Waals surface area contributed by atoms with E-state index < -0.39 is 0 Å². The van der Waals surface area contributed by atoms with Crippen molar-refractivity contribution in [2.24, 2.45) is 5.73 Å². The summed E-state index contributed by atoms with van der Waals surface area (Å²) in [6, 6.07) is 5.56. The Bertz CT molecular complexity index is 383. The zero-order valence-electron chi connectivity index (χ0n) is 8.46. The van der Waals surface area contributed by atoms with Gasteiger partial charge in [-0.1, -0.05) is 11.6 Å². The average Bonchev–Trinajstić information content (AvgIpc) is 2.70. The molecule has 0 aromatic heterocycles. The predicted octanol–water partition coefficient (Wildman–Crippen LogP) is 2.22. The van der Waals surface area contributed by atoms with Crippen molar-refractivity contribution in [1.29, 1.82) is 5.41 Å². The molecule has 1 aromatic rings. The Morgan fingerprint density at radius 1 is 1.33 bits per heavy atom. The summed E-state index contributed by atoms with van der Waals surface area (Å²) in [6.45, 7) is 2.09. The molecule has 15 heavy (non-hydrogen) atoms. The number of benzene rings is 1. The molecule has 1 aliphatic heterocycles. The van der Waals surface area contributed by atoms with Gasteiger partial charge in [0, 0.05) is 29.4 Å². The molecule has 0 radical (unpaired) electrons. The van der Waals surface area contributed by atoms with Crippen LogP contribution in [0.3, 0.4) is 0 Å². The first-order valence-electron chi connectivity index (χ1n) is 5.07. The number of anilines is 1. The molecule has 1 fully saturated rings. The summed E-state index contributed by atoms with van der Waals surface area (Å²) >= 11 is 5.90. The quantitative estimate of drug-likeness (QED) is 0.597. The Hall–Kier alpha value is -1.22. The van der Waals surface area contributed by atoms with E-state index in [0.29, 0.717) is 5.02 Å². The van der Waals surface area contributed by atoms with Gasteiger partial charge in [0.1, 0.15) is 5.84 Å². The van der Waals surface area contributed by atoms with Gasteiger partial charge >= 0.3 is 0 Å². The lowest BCUT2D eigenvalue weighted by atomic mass is 10.1. The lowest BCUT2D eigenvalue weighted by Gasteiger charge is -2.20. The minimum Gasteiger partial charge on any atom is -0.384 e. The van der Waals surface area contributed by atoms with E-state index in [0.717, 1.165) is 24.3 Å². The molecule has 0 atom stereocenters. The lowest BCUT2D eigenvalue weighted by molar-refractivity contribution is 0.949. The fourth-order valence-electron chi connectivity index (χ4n) is 1.96. The first-order valence-corrected chi connectivity index (χ1v) is 5.45. The molecular weight excluding hydrogens is 210 g/mol. The summed E-state index contributed by atoms with van der Waals surface area (Å²) in [7, 11) is 0. The highest BCUT2D eigenvalue weighted by molar-refractivity contribution is 6.31. The van der Waals surface area contributed by atoms with E-state index in [9.17, 15) is 0 Å². The number of amidine groups is 1. The summed E-state index contributed by atoms with van der Waals surface area (Å²) in [4.78, 5) is 2.26. The Balaban J connectivity index is 2.40. The zero-order chi connectivity index (χ0) is 10.8. The maximum absolute atomic E-state index is 7.53. The molecule has 0 unspecified atom stereocenters. The molecule has 0 bridgehead atoms. The molecule has 80 valence electrons. The van der Waals surface area contributed by atoms with Gasteiger partial charge < -0.3 is 10.6 Å². The lowest BCUT2D eigenvalue weighted by Crippen LogP contribution is -2.23. The second-order valence-corrected chi connectivity index (χ2v) is 4.21. The SMILES string of the molecule is N=C(N)c1cc(Cl)ccc1N1CCCC1. The van der Waals surface area contributed by atoms with Gasteiger partial charge in [-0.3, -0.25) is 5.41 Å². The fourth-order valence-corrected chi connectivity index (χ4v) is 2.13. The maximum atomic E-state index is 7.53. The fraction of sp³-hybridized carbons (Fsp3) is 0.364. The van der Waals surface area contributed by atoms with E-state index in [4.69, 9.17) is 22.7 Å². The van der Waals surface area contributed by atoms with Gasteiger partial charge in [0.2, 0.25) is 0 Å². The smallest absolute Gasteiger partial charge is 0.124 e. The van der Waals surface area contributed by atoms with Crippen LogP contribution in [0, 0.1) is 5.41 Å². The Labute approximate surface area is 94.3 Å². The number of nitrogen functional groups attached to an aromatic ring is 1. The second kappa shape index (κ2) is 4.11. The standard InChI is InChI=1S/C11H14ClN3/c12-8-3-4-10(9(7-8)11(13)14)15-5-1-2-6-15/h3-4,7H,1-2,5-6H2,(H3,13,14). The third-order valence-corrected chi connectivity index (χ3v) is 2.93. The van der Waals surface area contributed by atoms with Crippen LogP contribution >= 0.6 is 11.6 Å². The van der Waals surface area contributed by atoms with E-state index in [2.05, 4.69) is 4.90 Å². The minimum absolute atomic E-state index is 0.0828. The zero-order valence-corrected chi connectivity index (χ0v) is 9.22. The molecule has 1 heterocycles. The van der Waals surface area contributed by atoms with Crippen molar-refractivity contribution in [2.75, 3.05) is 18.0 Å². The number of rotatable bonds is 2. The molecule has 1 aliphatic rings. The molecule has 2 rings (SSSR count). The van der Waals surface area contributed by atoms with Crippen LogP contribution < -0.4 is 10.6 Å². The van der Waals surface area contributed by atoms with Crippen LogP contribution in [-0.4, -0.2) is 18.9 Å². The van der Waals surface area contributed by atoms with Crippen LogP contribution in [-0.2, 0) is 0 Å². The Kier molecular flexibility index (Phi) is 2.82. The summed E-state index contributed by atoms with van der Waals surface area (Å²) in [6.07, 6.45) is 2.42. The molecule has 3 nitrogen and oxygen atoms in total. The van der Waals surface area contributed by atoms with Gasteiger partial charge in [0.05, 0.1) is 0 Å². The third kappa shape index (κ3) is 2.07. The topological polar surface area (TPSA) is 53.1 Å². The molecule has 0 spiro atoms. The van der Waals surface area contributed by atoms with Crippen LogP contribution in [0.15, 0.2) is 18.2 Å². The molecule has 1 saturated heterocycles. The van der Waals surface area contributed by atoms with Crippen LogP contribution in [0.5, 0.6) is 0 Å². The number of hydrogen-bond donors (Lipinski definition) is 2. The second-order valence-electron chi connectivity index (χ2n) is 3.77. The van der Waals surface area contributed by atoms with Crippen molar-refractivity contribution >= 4 is 23.1 Å². The summed E-state index contributed by atoms with van der Waals surface area (Å²) in [5, 5.41) is 8.16. The molecule has 3 N–H and O–H groups in total. The Morgan fingerprint density at radius 2 is 2.00 bits per heavy atom. The molecule has 4 heteroatoms. The highest BCUT2D eigenvalue weighted by Crippen LogP contribution is 2.26. The van der Waals surface area contributed by atoms with Crippen LogP contribution in [0.25, 0.3) is 0 Å². The monoisotopic (exact) mass is 223 g/mol. The highest BCUT2D eigenvalue weighted by Gasteiger charge is 2.16. The highest BCUT2D eigenvalue weighted by atomic mass is 35.5. The predicted molar refractivity (Wildman–Crippen MR) is 63.9 cm³/mol. The number of halogens is 1. The molecule has 0 aliphatic carbocycles. The number of nitrogens with one attached hydrogen (secondary N) is 1. The van der Waals surface area contributed by atoms with E-state index >= 15 is 0 Å². The van der Waals surface area contributed by atoms with Gasteiger partial charge in [-0.2, -0.15) is 0 Å². The largest absolute Gasteiger partial charge is 0.384 e. The summed E-state index contributed by atoms with van der Waals surface area (Å²) < 4.78 is 0. The minimum atomic E-state index is 0.0828. The number of hydrogen-bond acceptors (Lipinski definition) is 2. The van der Waals surface area contributed by atoms with E-state index in [-0.39, 0.29) is 5.84 Å². The van der Waals surface area contributed by atoms with E-state index in [1.54, 1.807) is 6.07 Å². The van der Waals surface area contributed by atoms with Crippen LogP contribution in [0.4, 0.5) is 5.69 Å². The van der Waals surface area contributed by atoms with E-state index in [1.807, 2.05) is 12.1 Å². The van der Waals surface area contributed by atoms with Crippen molar-refractivity contribution in [2.45, 2.75) is 12.8 Å². The normalized spacial score (nSPS) is 15.7. The van der Waals surface area contributed by atoms with Gasteiger partial charge in [-0.25, -0.2) is 0 Å². The summed E-state index contributed by atoms with van der Waals surface area (Å²) in [5.74, 6) is 0.0828. The third-order valence-electron chi connectivity index (χ3n) is 2.70. The molecule has 1 aromatic carbocycles. The van der Waals surface area contributed by atoms with Gasteiger partial charge in [-0.15, -0.1) is 0 Å². The average molecular weight is 224 g/mol. The first kappa shape index (κ1) is 10.3. The molecule has 0 saturated carbocycles. The van der Waals surface area contributed by atoms with Crippen molar-refractivity contribution in [3.05, 3.63) is 28.8 Å². The van der Waals surface area contributed by atoms with Gasteiger partial charge in [-0.05, 0) is 31.0 Å². The first-order chi connectivity index (χ1) is 7.18. The van der Waals surface area contributed by atoms with Gasteiger partial charge in [0.25, 0.3) is 0 Å². The van der Waals surface area contributed by atoms with E-state index in [1.165, 1.54) is 12.8 Å². The Morgan fingerprint density at radius 3 is 2.60 bits per heavy atom. The van der Waals surface area contributed by atoms with Crippen LogP contribution in [0.2, 0.25) is 5.02 Å². The molecular formula is C11H14ClN3. The van der Waals surface area contributed by atoms with Crippen molar-refractivity contribution in [1.82, 2.24) is 0 Å².